The van der Waals surface area contributed by atoms with Gasteiger partial charge in [-0.15, -0.1) is 0 Å². The van der Waals surface area contributed by atoms with Crippen LogP contribution < -0.4 is 5.32 Å². The third-order valence-corrected chi connectivity index (χ3v) is 4.30. The SMILES string of the molecule is COC(=O)c1cc(O)ccc1NC(=O)c1cccc(CN(CC(C)O)CC(C)O)c1. The number of phenolic OH excluding ortho intramolecular Hbond substituents is 1. The lowest BCUT2D eigenvalue weighted by Gasteiger charge is -2.25. The lowest BCUT2D eigenvalue weighted by molar-refractivity contribution is 0.0601. The molecule has 0 saturated carbocycles. The molecule has 0 aliphatic heterocycles. The number of esters is 1. The normalized spacial score (nSPS) is 13.0. The van der Waals surface area contributed by atoms with Gasteiger partial charge in [-0.05, 0) is 49.7 Å². The van der Waals surface area contributed by atoms with Crippen LogP contribution in [0.3, 0.4) is 0 Å². The highest BCUT2D eigenvalue weighted by atomic mass is 16.5. The molecule has 0 spiro atoms. The Bertz CT molecular complexity index is 872. The van der Waals surface area contributed by atoms with E-state index in [2.05, 4.69) is 5.32 Å². The minimum Gasteiger partial charge on any atom is -0.508 e. The van der Waals surface area contributed by atoms with E-state index in [9.17, 15) is 24.9 Å². The Morgan fingerprint density at radius 3 is 2.33 bits per heavy atom. The van der Waals surface area contributed by atoms with Crippen LogP contribution in [-0.4, -0.2) is 64.5 Å². The molecular weight excluding hydrogens is 388 g/mol. The predicted octanol–water partition coefficient (Wildman–Crippen LogP) is 1.99. The van der Waals surface area contributed by atoms with Crippen molar-refractivity contribution in [3.05, 3.63) is 59.2 Å². The van der Waals surface area contributed by atoms with Crippen LogP contribution in [0.2, 0.25) is 0 Å². The molecule has 2 rings (SSSR count). The van der Waals surface area contributed by atoms with Crippen molar-refractivity contribution in [1.82, 2.24) is 4.90 Å². The second-order valence-corrected chi connectivity index (χ2v) is 7.27. The topological polar surface area (TPSA) is 119 Å². The first-order valence-electron chi connectivity index (χ1n) is 9.59. The molecule has 8 nitrogen and oxygen atoms in total. The third kappa shape index (κ3) is 6.84. The number of carbonyl (C=O) groups excluding carboxylic acids is 2. The quantitative estimate of drug-likeness (QED) is 0.365. The minimum atomic E-state index is -0.679. The minimum absolute atomic E-state index is 0.0436. The Kier molecular flexibility index (Phi) is 8.35. The summed E-state index contributed by atoms with van der Waals surface area (Å²) in [5.74, 6) is -1.22. The average Bonchev–Trinajstić information content (AvgIpc) is 2.67. The molecule has 0 radical (unpaired) electrons. The number of benzene rings is 2. The largest absolute Gasteiger partial charge is 0.508 e. The fourth-order valence-electron chi connectivity index (χ4n) is 3.13. The maximum Gasteiger partial charge on any atom is 0.340 e. The molecule has 4 N–H and O–H groups in total. The molecule has 2 atom stereocenters. The zero-order valence-electron chi connectivity index (χ0n) is 17.3. The molecule has 8 heteroatoms. The maximum atomic E-state index is 12.7. The van der Waals surface area contributed by atoms with Crippen LogP contribution >= 0.6 is 0 Å². The summed E-state index contributed by atoms with van der Waals surface area (Å²) in [5, 5.41) is 31.7. The molecular formula is C22H28N2O6. The van der Waals surface area contributed by atoms with Gasteiger partial charge in [0.25, 0.3) is 5.91 Å². The van der Waals surface area contributed by atoms with Gasteiger partial charge in [-0.1, -0.05) is 12.1 Å². The Balaban J connectivity index is 2.19. The Morgan fingerprint density at radius 1 is 1.07 bits per heavy atom. The van der Waals surface area contributed by atoms with Gasteiger partial charge < -0.3 is 25.4 Å². The summed E-state index contributed by atoms with van der Waals surface area (Å²) in [7, 11) is 1.22. The van der Waals surface area contributed by atoms with Gasteiger partial charge in [0.05, 0.1) is 30.6 Å². The van der Waals surface area contributed by atoms with Gasteiger partial charge in [-0.3, -0.25) is 9.69 Å². The highest BCUT2D eigenvalue weighted by Crippen LogP contribution is 2.23. The molecule has 2 aromatic carbocycles. The van der Waals surface area contributed by atoms with E-state index < -0.39 is 24.1 Å². The van der Waals surface area contributed by atoms with Gasteiger partial charge in [-0.25, -0.2) is 4.79 Å². The maximum absolute atomic E-state index is 12.7. The first-order chi connectivity index (χ1) is 14.2. The predicted molar refractivity (Wildman–Crippen MR) is 112 cm³/mol. The summed E-state index contributed by atoms with van der Waals surface area (Å²) in [6, 6.07) is 11.0. The second-order valence-electron chi connectivity index (χ2n) is 7.27. The average molecular weight is 416 g/mol. The van der Waals surface area contributed by atoms with Gasteiger partial charge in [0.2, 0.25) is 0 Å². The van der Waals surface area contributed by atoms with Crippen LogP contribution in [0, 0.1) is 0 Å². The fraction of sp³-hybridized carbons (Fsp3) is 0.364. The monoisotopic (exact) mass is 416 g/mol. The molecule has 0 aliphatic rings. The van der Waals surface area contributed by atoms with E-state index in [1.807, 2.05) is 11.0 Å². The Labute approximate surface area is 175 Å². The Hall–Kier alpha value is -2.94. The zero-order chi connectivity index (χ0) is 22.3. The number of nitrogens with one attached hydrogen (secondary N) is 1. The van der Waals surface area contributed by atoms with Gasteiger partial charge in [-0.2, -0.15) is 0 Å². The second kappa shape index (κ2) is 10.7. The number of rotatable bonds is 9. The van der Waals surface area contributed by atoms with Crippen molar-refractivity contribution in [2.45, 2.75) is 32.6 Å². The van der Waals surface area contributed by atoms with E-state index in [4.69, 9.17) is 4.74 Å². The molecule has 0 bridgehead atoms. The Morgan fingerprint density at radius 2 is 1.73 bits per heavy atom. The number of hydrogen-bond acceptors (Lipinski definition) is 7. The van der Waals surface area contributed by atoms with Crippen LogP contribution in [0.5, 0.6) is 5.75 Å². The lowest BCUT2D eigenvalue weighted by Crippen LogP contribution is -2.35. The van der Waals surface area contributed by atoms with E-state index in [0.29, 0.717) is 25.2 Å². The number of methoxy groups -OCH3 is 1. The summed E-state index contributed by atoms with van der Waals surface area (Å²) in [6.07, 6.45) is -1.11. The summed E-state index contributed by atoms with van der Waals surface area (Å²) in [4.78, 5) is 26.6. The lowest BCUT2D eigenvalue weighted by atomic mass is 10.1. The first kappa shape index (κ1) is 23.3. The molecule has 1 amide bonds. The highest BCUT2D eigenvalue weighted by molar-refractivity contribution is 6.08. The fourth-order valence-corrected chi connectivity index (χ4v) is 3.13. The van der Waals surface area contributed by atoms with E-state index in [0.717, 1.165) is 5.56 Å². The number of aromatic hydroxyl groups is 1. The molecule has 2 aromatic rings. The number of phenols is 1. The number of aliphatic hydroxyl groups excluding tert-OH is 2. The highest BCUT2D eigenvalue weighted by Gasteiger charge is 2.17. The molecule has 0 heterocycles. The number of aliphatic hydroxyl groups is 2. The van der Waals surface area contributed by atoms with Crippen LogP contribution in [0.4, 0.5) is 5.69 Å². The van der Waals surface area contributed by atoms with Crippen LogP contribution in [0.1, 0.15) is 40.1 Å². The molecule has 0 saturated heterocycles. The van der Waals surface area contributed by atoms with Crippen molar-refractivity contribution >= 4 is 17.6 Å². The zero-order valence-corrected chi connectivity index (χ0v) is 17.3. The van der Waals surface area contributed by atoms with Crippen molar-refractivity contribution in [3.8, 4) is 5.75 Å². The molecule has 162 valence electrons. The van der Waals surface area contributed by atoms with Crippen molar-refractivity contribution in [1.29, 1.82) is 0 Å². The van der Waals surface area contributed by atoms with Gasteiger partial charge in [0, 0.05) is 25.2 Å². The molecule has 2 unspecified atom stereocenters. The standard InChI is InChI=1S/C22H28N2O6/c1-14(25)11-24(12-15(2)26)13-16-5-4-6-17(9-16)21(28)23-20-8-7-18(27)10-19(20)22(29)30-3/h4-10,14-15,25-27H,11-13H2,1-3H3,(H,23,28). The van der Waals surface area contributed by atoms with E-state index >= 15 is 0 Å². The number of nitrogens with zero attached hydrogens (tertiary/aromatic N) is 1. The van der Waals surface area contributed by atoms with Crippen LogP contribution in [0.15, 0.2) is 42.5 Å². The molecule has 0 aliphatic carbocycles. The van der Waals surface area contributed by atoms with Crippen molar-refractivity contribution in [3.63, 3.8) is 0 Å². The number of carbonyl (C=O) groups is 2. The number of ether oxygens (including phenoxy) is 1. The molecule has 0 aromatic heterocycles. The molecule has 30 heavy (non-hydrogen) atoms. The summed E-state index contributed by atoms with van der Waals surface area (Å²) in [6.45, 7) is 4.57. The third-order valence-electron chi connectivity index (χ3n) is 4.30. The molecule has 0 fully saturated rings. The number of amides is 1. The van der Waals surface area contributed by atoms with Crippen LogP contribution in [-0.2, 0) is 11.3 Å². The van der Waals surface area contributed by atoms with E-state index in [1.54, 1.807) is 32.0 Å². The van der Waals surface area contributed by atoms with Crippen LogP contribution in [0.25, 0.3) is 0 Å². The number of hydrogen-bond donors (Lipinski definition) is 4. The number of anilines is 1. The van der Waals surface area contributed by atoms with E-state index in [1.165, 1.54) is 25.3 Å². The van der Waals surface area contributed by atoms with Crippen molar-refractivity contribution in [2.75, 3.05) is 25.5 Å². The van der Waals surface area contributed by atoms with Crippen molar-refractivity contribution in [2.24, 2.45) is 0 Å². The smallest absolute Gasteiger partial charge is 0.340 e. The van der Waals surface area contributed by atoms with Gasteiger partial charge in [0.1, 0.15) is 5.75 Å². The first-order valence-corrected chi connectivity index (χ1v) is 9.59. The van der Waals surface area contributed by atoms with Crippen molar-refractivity contribution < 1.29 is 29.6 Å². The summed E-state index contributed by atoms with van der Waals surface area (Å²) in [5.41, 5.74) is 1.48. The van der Waals surface area contributed by atoms with Gasteiger partial charge >= 0.3 is 5.97 Å². The van der Waals surface area contributed by atoms with E-state index in [-0.39, 0.29) is 17.0 Å². The van der Waals surface area contributed by atoms with Gasteiger partial charge in [0.15, 0.2) is 0 Å². The summed E-state index contributed by atoms with van der Waals surface area (Å²) >= 11 is 0. The summed E-state index contributed by atoms with van der Waals surface area (Å²) < 4.78 is 4.70.